The van der Waals surface area contributed by atoms with Gasteiger partial charge in [-0.25, -0.2) is 4.39 Å². The van der Waals surface area contributed by atoms with Crippen molar-refractivity contribution in [2.75, 3.05) is 37.6 Å². The fourth-order valence-electron chi connectivity index (χ4n) is 5.50. The maximum Gasteiger partial charge on any atom is 0.259 e. The molecule has 5 rings (SSSR count). The molecule has 8 heteroatoms. The van der Waals surface area contributed by atoms with Crippen LogP contribution in [0.2, 0.25) is 0 Å². The summed E-state index contributed by atoms with van der Waals surface area (Å²) >= 11 is 0. The van der Waals surface area contributed by atoms with Crippen molar-refractivity contribution in [2.45, 2.75) is 33.2 Å². The van der Waals surface area contributed by atoms with Crippen molar-refractivity contribution in [3.63, 3.8) is 0 Å². The van der Waals surface area contributed by atoms with Crippen LogP contribution in [0.4, 0.5) is 10.1 Å². The standard InChI is InChI=1S/C33H36FN5O2/c1-24(2)22-37-14-6-16-38(32(40)27-18-25-8-3-4-10-30(25)36-21-27)23-28-19-29(34)11-12-31(28)39(17-7-15-37)33(41)26-9-5-13-35-20-26/h3-5,8-13,18-21,24H,6-7,14-17,22-23H2,1-2H3. The first-order valence-electron chi connectivity index (χ1n) is 14.3. The van der Waals surface area contributed by atoms with E-state index in [1.54, 1.807) is 46.6 Å². The quantitative estimate of drug-likeness (QED) is 0.319. The molecule has 3 heterocycles. The average Bonchev–Trinajstić information content (AvgIpc) is 2.97. The lowest BCUT2D eigenvalue weighted by Gasteiger charge is -2.32. The molecule has 0 spiro atoms. The lowest BCUT2D eigenvalue weighted by atomic mass is 10.1. The van der Waals surface area contributed by atoms with Gasteiger partial charge in [-0.3, -0.25) is 19.6 Å². The number of halogens is 1. The summed E-state index contributed by atoms with van der Waals surface area (Å²) in [6.45, 7) is 8.08. The maximum atomic E-state index is 14.7. The highest BCUT2D eigenvalue weighted by atomic mass is 19.1. The van der Waals surface area contributed by atoms with E-state index < -0.39 is 5.82 Å². The number of aromatic nitrogens is 2. The van der Waals surface area contributed by atoms with E-state index in [0.29, 0.717) is 41.4 Å². The number of fused-ring (bicyclic) bond motifs is 2. The third kappa shape index (κ3) is 6.95. The minimum absolute atomic E-state index is 0.166. The summed E-state index contributed by atoms with van der Waals surface area (Å²) in [6.07, 6.45) is 6.33. The fraction of sp³-hybridized carbons (Fsp3) is 0.333. The zero-order chi connectivity index (χ0) is 28.8. The van der Waals surface area contributed by atoms with Gasteiger partial charge in [-0.15, -0.1) is 0 Å². The Morgan fingerprint density at radius 3 is 2.46 bits per heavy atom. The van der Waals surface area contributed by atoms with Gasteiger partial charge in [0.1, 0.15) is 5.82 Å². The molecule has 212 valence electrons. The van der Waals surface area contributed by atoms with Gasteiger partial charge >= 0.3 is 0 Å². The van der Waals surface area contributed by atoms with E-state index in [9.17, 15) is 14.0 Å². The van der Waals surface area contributed by atoms with E-state index in [2.05, 4.69) is 28.7 Å². The monoisotopic (exact) mass is 553 g/mol. The molecule has 0 aliphatic carbocycles. The third-order valence-corrected chi connectivity index (χ3v) is 7.35. The highest BCUT2D eigenvalue weighted by Crippen LogP contribution is 2.27. The molecule has 0 fully saturated rings. The summed E-state index contributed by atoms with van der Waals surface area (Å²) in [7, 11) is 0. The number of amides is 2. The molecule has 2 aromatic carbocycles. The number of carbonyl (C=O) groups excluding carboxylic acids is 2. The number of benzene rings is 2. The summed E-state index contributed by atoms with van der Waals surface area (Å²) in [5.41, 5.74) is 2.95. The number of hydrogen-bond acceptors (Lipinski definition) is 5. The lowest BCUT2D eigenvalue weighted by molar-refractivity contribution is 0.0733. The Morgan fingerprint density at radius 2 is 1.68 bits per heavy atom. The number of rotatable bonds is 4. The minimum Gasteiger partial charge on any atom is -0.334 e. The molecule has 4 aromatic rings. The van der Waals surface area contributed by atoms with Gasteiger partial charge in [-0.05, 0) is 79.9 Å². The highest BCUT2D eigenvalue weighted by Gasteiger charge is 2.25. The normalized spacial score (nSPS) is 15.3. The first-order valence-corrected chi connectivity index (χ1v) is 14.3. The molecule has 1 aliphatic rings. The Kier molecular flexibility index (Phi) is 8.99. The Bertz CT molecular complexity index is 1510. The van der Waals surface area contributed by atoms with Gasteiger partial charge in [-0.2, -0.15) is 0 Å². The maximum absolute atomic E-state index is 14.7. The second kappa shape index (κ2) is 13.0. The number of pyridine rings is 2. The molecule has 0 bridgehead atoms. The van der Waals surface area contributed by atoms with Crippen molar-refractivity contribution >= 4 is 28.4 Å². The van der Waals surface area contributed by atoms with Gasteiger partial charge in [0, 0.05) is 55.8 Å². The Hall–Kier alpha value is -4.17. The van der Waals surface area contributed by atoms with Crippen molar-refractivity contribution in [2.24, 2.45) is 5.92 Å². The molecule has 0 saturated heterocycles. The van der Waals surface area contributed by atoms with Gasteiger partial charge < -0.3 is 14.7 Å². The fourth-order valence-corrected chi connectivity index (χ4v) is 5.50. The lowest BCUT2D eigenvalue weighted by Crippen LogP contribution is -2.39. The van der Waals surface area contributed by atoms with Crippen LogP contribution in [-0.2, 0) is 6.54 Å². The summed E-state index contributed by atoms with van der Waals surface area (Å²) in [5, 5.41) is 0.885. The van der Waals surface area contributed by atoms with Gasteiger partial charge in [0.25, 0.3) is 11.8 Å². The Labute approximate surface area is 240 Å². The molecule has 0 N–H and O–H groups in total. The largest absolute Gasteiger partial charge is 0.334 e. The number of anilines is 1. The first kappa shape index (κ1) is 28.4. The predicted octanol–water partition coefficient (Wildman–Crippen LogP) is 5.81. The van der Waals surface area contributed by atoms with Crippen molar-refractivity contribution in [1.29, 1.82) is 0 Å². The Balaban J connectivity index is 1.53. The molecule has 1 aliphatic heterocycles. The molecule has 7 nitrogen and oxygen atoms in total. The van der Waals surface area contributed by atoms with Crippen LogP contribution in [0.5, 0.6) is 0 Å². The summed E-state index contributed by atoms with van der Waals surface area (Å²) in [5.74, 6) is -0.292. The van der Waals surface area contributed by atoms with E-state index in [-0.39, 0.29) is 18.4 Å². The van der Waals surface area contributed by atoms with Crippen LogP contribution < -0.4 is 4.90 Å². The summed E-state index contributed by atoms with van der Waals surface area (Å²) < 4.78 is 14.7. The van der Waals surface area contributed by atoms with Crippen LogP contribution in [0.1, 0.15) is 53.0 Å². The third-order valence-electron chi connectivity index (χ3n) is 7.35. The highest BCUT2D eigenvalue weighted by molar-refractivity contribution is 6.06. The summed E-state index contributed by atoms with van der Waals surface area (Å²) in [6, 6.07) is 17.5. The van der Waals surface area contributed by atoms with Gasteiger partial charge in [0.2, 0.25) is 0 Å². The first-order chi connectivity index (χ1) is 19.9. The number of para-hydroxylation sites is 1. The van der Waals surface area contributed by atoms with E-state index in [4.69, 9.17) is 0 Å². The van der Waals surface area contributed by atoms with E-state index >= 15 is 0 Å². The van der Waals surface area contributed by atoms with Gasteiger partial charge in [0.05, 0.1) is 16.6 Å². The zero-order valence-corrected chi connectivity index (χ0v) is 23.7. The number of hydrogen-bond donors (Lipinski definition) is 0. The van der Waals surface area contributed by atoms with Crippen LogP contribution in [0.25, 0.3) is 10.9 Å². The van der Waals surface area contributed by atoms with E-state index in [0.717, 1.165) is 43.4 Å². The minimum atomic E-state index is -0.410. The van der Waals surface area contributed by atoms with E-state index in [1.165, 1.54) is 12.1 Å². The van der Waals surface area contributed by atoms with Crippen molar-refractivity contribution in [1.82, 2.24) is 19.8 Å². The van der Waals surface area contributed by atoms with Gasteiger partial charge in [-0.1, -0.05) is 32.0 Å². The van der Waals surface area contributed by atoms with Crippen LogP contribution in [0, 0.1) is 11.7 Å². The Morgan fingerprint density at radius 1 is 0.878 bits per heavy atom. The van der Waals surface area contributed by atoms with Crippen LogP contribution >= 0.6 is 0 Å². The molecule has 41 heavy (non-hydrogen) atoms. The smallest absolute Gasteiger partial charge is 0.259 e. The van der Waals surface area contributed by atoms with Crippen LogP contribution in [0.3, 0.4) is 0 Å². The molecule has 2 amide bonds. The average molecular weight is 554 g/mol. The number of nitrogens with zero attached hydrogens (tertiary/aromatic N) is 5. The predicted molar refractivity (Wildman–Crippen MR) is 159 cm³/mol. The second-order valence-electron chi connectivity index (χ2n) is 11.0. The summed E-state index contributed by atoms with van der Waals surface area (Å²) in [4.78, 5) is 42.2. The topological polar surface area (TPSA) is 69.6 Å². The zero-order valence-electron chi connectivity index (χ0n) is 23.7. The number of carbonyl (C=O) groups is 2. The SMILES string of the molecule is CC(C)CN1CCCN(C(=O)c2cnc3ccccc3c2)Cc2cc(F)ccc2N(C(=O)c2cccnc2)CCC1. The van der Waals surface area contributed by atoms with Crippen LogP contribution in [0.15, 0.2) is 79.3 Å². The molecule has 0 atom stereocenters. The van der Waals surface area contributed by atoms with Gasteiger partial charge in [0.15, 0.2) is 0 Å². The second-order valence-corrected chi connectivity index (χ2v) is 11.0. The van der Waals surface area contributed by atoms with Crippen molar-refractivity contribution < 1.29 is 14.0 Å². The van der Waals surface area contributed by atoms with E-state index in [1.807, 2.05) is 30.3 Å². The molecule has 0 unspecified atom stereocenters. The molecule has 0 radical (unpaired) electrons. The van der Waals surface area contributed by atoms with Crippen molar-refractivity contribution in [3.05, 3.63) is 102 Å². The molecule has 2 aromatic heterocycles. The van der Waals surface area contributed by atoms with Crippen LogP contribution in [-0.4, -0.2) is 64.3 Å². The van der Waals surface area contributed by atoms with Crippen molar-refractivity contribution in [3.8, 4) is 0 Å². The molecule has 0 saturated carbocycles. The molecular weight excluding hydrogens is 517 g/mol. The molecular formula is C33H36FN5O2.